The molecule has 0 spiro atoms. The van der Waals surface area contributed by atoms with Crippen LogP contribution in [0.4, 0.5) is 17.1 Å². The van der Waals surface area contributed by atoms with Gasteiger partial charge in [0.05, 0.1) is 11.1 Å². The minimum Gasteiger partial charge on any atom is -0.455 e. The molecule has 0 radical (unpaired) electrons. The maximum absolute atomic E-state index is 6.76. The molecule has 10 rings (SSSR count). The lowest BCUT2D eigenvalue weighted by atomic mass is 9.96. The van der Waals surface area contributed by atoms with Gasteiger partial charge in [0.1, 0.15) is 11.2 Å². The molecule has 2 heteroatoms. The fraction of sp³-hybridized carbons (Fsp3) is 0. The van der Waals surface area contributed by atoms with Gasteiger partial charge in [-0.25, -0.2) is 0 Å². The van der Waals surface area contributed by atoms with Crippen LogP contribution in [0.5, 0.6) is 0 Å². The zero-order valence-electron chi connectivity index (χ0n) is 29.6. The molecule has 0 unspecified atom stereocenters. The van der Waals surface area contributed by atoms with Crippen molar-refractivity contribution in [2.24, 2.45) is 0 Å². The monoisotopic (exact) mass is 689 g/mol. The first-order valence-corrected chi connectivity index (χ1v) is 18.4. The molecule has 0 aliphatic heterocycles. The third kappa shape index (κ3) is 5.62. The van der Waals surface area contributed by atoms with Crippen molar-refractivity contribution in [3.63, 3.8) is 0 Å². The number of furan rings is 1. The number of para-hydroxylation sites is 1. The first-order chi connectivity index (χ1) is 26.8. The summed E-state index contributed by atoms with van der Waals surface area (Å²) in [6.45, 7) is 0. The Morgan fingerprint density at radius 2 is 0.870 bits per heavy atom. The van der Waals surface area contributed by atoms with Gasteiger partial charge in [-0.2, -0.15) is 0 Å². The van der Waals surface area contributed by atoms with E-state index in [4.69, 9.17) is 4.42 Å². The van der Waals surface area contributed by atoms with Crippen LogP contribution in [0.1, 0.15) is 0 Å². The number of benzene rings is 9. The average molecular weight is 690 g/mol. The highest BCUT2D eigenvalue weighted by Gasteiger charge is 2.23. The van der Waals surface area contributed by atoms with Crippen LogP contribution in [0, 0.1) is 0 Å². The Bertz CT molecular complexity index is 2940. The van der Waals surface area contributed by atoms with Gasteiger partial charge in [-0.3, -0.25) is 0 Å². The van der Waals surface area contributed by atoms with Gasteiger partial charge < -0.3 is 9.32 Å². The van der Waals surface area contributed by atoms with E-state index in [1.54, 1.807) is 0 Å². The Hall–Kier alpha value is -7.16. The molecule has 0 aliphatic rings. The molecule has 0 aliphatic carbocycles. The zero-order valence-corrected chi connectivity index (χ0v) is 29.6. The van der Waals surface area contributed by atoms with E-state index in [0.29, 0.717) is 0 Å². The normalized spacial score (nSPS) is 11.3. The molecular formula is C52H35NO. The second-order valence-corrected chi connectivity index (χ2v) is 13.7. The molecule has 0 bridgehead atoms. The van der Waals surface area contributed by atoms with Gasteiger partial charge in [0.25, 0.3) is 0 Å². The lowest BCUT2D eigenvalue weighted by molar-refractivity contribution is 0.670. The number of nitrogens with zero attached hydrogens (tertiary/aromatic N) is 1. The van der Waals surface area contributed by atoms with E-state index in [-0.39, 0.29) is 0 Å². The Morgan fingerprint density at radius 1 is 0.333 bits per heavy atom. The predicted molar refractivity (Wildman–Crippen MR) is 228 cm³/mol. The molecule has 254 valence electrons. The molecule has 54 heavy (non-hydrogen) atoms. The first kappa shape index (κ1) is 31.6. The Labute approximate surface area is 314 Å². The predicted octanol–water partition coefficient (Wildman–Crippen LogP) is 14.9. The van der Waals surface area contributed by atoms with Gasteiger partial charge in [0, 0.05) is 22.3 Å². The Morgan fingerprint density at radius 3 is 1.65 bits per heavy atom. The van der Waals surface area contributed by atoms with Crippen LogP contribution in [0.3, 0.4) is 0 Å². The molecule has 2 nitrogen and oxygen atoms in total. The molecule has 1 aromatic heterocycles. The number of hydrogen-bond acceptors (Lipinski definition) is 2. The molecule has 1 heterocycles. The summed E-state index contributed by atoms with van der Waals surface area (Å²) in [7, 11) is 0. The molecule has 0 fully saturated rings. The van der Waals surface area contributed by atoms with E-state index >= 15 is 0 Å². The van der Waals surface area contributed by atoms with E-state index in [9.17, 15) is 0 Å². The minimum atomic E-state index is 0.869. The van der Waals surface area contributed by atoms with Crippen LogP contribution in [0.15, 0.2) is 217 Å². The van der Waals surface area contributed by atoms with Gasteiger partial charge in [-0.15, -0.1) is 0 Å². The molecule has 0 atom stereocenters. The number of fused-ring (bicyclic) bond motifs is 4. The van der Waals surface area contributed by atoms with Crippen molar-refractivity contribution in [3.8, 4) is 44.5 Å². The molecular weight excluding hydrogens is 655 g/mol. The topological polar surface area (TPSA) is 16.4 Å². The van der Waals surface area contributed by atoms with Crippen molar-refractivity contribution in [3.05, 3.63) is 212 Å². The smallest absolute Gasteiger partial charge is 0.145 e. The van der Waals surface area contributed by atoms with Crippen molar-refractivity contribution in [1.29, 1.82) is 0 Å². The zero-order chi connectivity index (χ0) is 35.8. The highest BCUT2D eigenvalue weighted by molar-refractivity contribution is 6.17. The minimum absolute atomic E-state index is 0.869. The van der Waals surface area contributed by atoms with Gasteiger partial charge in [-0.1, -0.05) is 164 Å². The second kappa shape index (κ2) is 13.4. The van der Waals surface area contributed by atoms with Crippen LogP contribution >= 0.6 is 0 Å². The van der Waals surface area contributed by atoms with Gasteiger partial charge in [0.15, 0.2) is 0 Å². The maximum atomic E-state index is 6.76. The highest BCUT2D eigenvalue weighted by Crippen LogP contribution is 2.47. The first-order valence-electron chi connectivity index (χ1n) is 18.4. The molecule has 0 saturated carbocycles. The third-order valence-electron chi connectivity index (χ3n) is 10.4. The van der Waals surface area contributed by atoms with Gasteiger partial charge in [-0.05, 0) is 98.2 Å². The summed E-state index contributed by atoms with van der Waals surface area (Å²) in [4.78, 5) is 2.40. The highest BCUT2D eigenvalue weighted by atomic mass is 16.3. The van der Waals surface area contributed by atoms with E-state index in [1.165, 1.54) is 33.0 Å². The number of hydrogen-bond donors (Lipinski definition) is 0. The molecule has 10 aromatic rings. The van der Waals surface area contributed by atoms with Crippen molar-refractivity contribution >= 4 is 49.8 Å². The summed E-state index contributed by atoms with van der Waals surface area (Å²) in [5.74, 6) is 0. The van der Waals surface area contributed by atoms with E-state index in [1.807, 2.05) is 6.07 Å². The van der Waals surface area contributed by atoms with Crippen LogP contribution in [-0.4, -0.2) is 0 Å². The Kier molecular flexibility index (Phi) is 7.85. The fourth-order valence-corrected chi connectivity index (χ4v) is 7.89. The largest absolute Gasteiger partial charge is 0.455 e. The molecule has 0 saturated heterocycles. The van der Waals surface area contributed by atoms with Gasteiger partial charge >= 0.3 is 0 Å². The summed E-state index contributed by atoms with van der Waals surface area (Å²) < 4.78 is 6.76. The maximum Gasteiger partial charge on any atom is 0.145 e. The second-order valence-electron chi connectivity index (χ2n) is 13.7. The van der Waals surface area contributed by atoms with Crippen LogP contribution in [-0.2, 0) is 0 Å². The van der Waals surface area contributed by atoms with E-state index < -0.39 is 0 Å². The van der Waals surface area contributed by atoms with E-state index in [2.05, 4.69) is 211 Å². The lowest BCUT2D eigenvalue weighted by Crippen LogP contribution is -2.11. The molecule has 0 amide bonds. The van der Waals surface area contributed by atoms with Crippen LogP contribution in [0.2, 0.25) is 0 Å². The van der Waals surface area contributed by atoms with Crippen molar-refractivity contribution < 1.29 is 4.42 Å². The Balaban J connectivity index is 1.21. The SMILES string of the molecule is c1ccc(-c2cccc(-c3cccc(N(c4cccc(-c5cccc6ccccc56)c4)c4ccc(-c5ccccc5)c5oc6ccccc6c45)c3)c2)cc1. The molecule has 9 aromatic carbocycles. The third-order valence-corrected chi connectivity index (χ3v) is 10.4. The van der Waals surface area contributed by atoms with Crippen molar-refractivity contribution in [1.82, 2.24) is 0 Å². The van der Waals surface area contributed by atoms with Gasteiger partial charge in [0.2, 0.25) is 0 Å². The van der Waals surface area contributed by atoms with E-state index in [0.717, 1.165) is 61.3 Å². The van der Waals surface area contributed by atoms with Crippen molar-refractivity contribution in [2.45, 2.75) is 0 Å². The van der Waals surface area contributed by atoms with Crippen LogP contribution < -0.4 is 4.90 Å². The average Bonchev–Trinajstić information content (AvgIpc) is 3.65. The summed E-state index contributed by atoms with van der Waals surface area (Å²) in [5, 5.41) is 4.63. The van der Waals surface area contributed by atoms with Crippen LogP contribution in [0.25, 0.3) is 77.2 Å². The summed E-state index contributed by atoms with van der Waals surface area (Å²) in [6.07, 6.45) is 0. The number of rotatable bonds is 7. The summed E-state index contributed by atoms with van der Waals surface area (Å²) in [5.41, 5.74) is 14.2. The quantitative estimate of drug-likeness (QED) is 0.166. The fourth-order valence-electron chi connectivity index (χ4n) is 7.89. The van der Waals surface area contributed by atoms with Crippen molar-refractivity contribution in [2.75, 3.05) is 4.90 Å². The standard InChI is InChI=1S/C52H35NO/c1-3-15-36(16-4-1)39-21-11-22-40(33-39)41-23-12-25-43(34-41)53(44-26-13-24-42(35-44)46-29-14-20-37-19-7-8-27-45(37)46)49-32-31-47(38-17-5-2-6-18-38)52-51(49)48-28-9-10-30-50(48)54-52/h1-35H. The summed E-state index contributed by atoms with van der Waals surface area (Å²) in [6, 6.07) is 75.8. The molecule has 0 N–H and O–H groups in total. The lowest BCUT2D eigenvalue weighted by Gasteiger charge is -2.28. The summed E-state index contributed by atoms with van der Waals surface area (Å²) >= 11 is 0. The number of anilines is 3.